The van der Waals surface area contributed by atoms with Crippen molar-refractivity contribution in [3.8, 4) is 0 Å². The summed E-state index contributed by atoms with van der Waals surface area (Å²) in [6.07, 6.45) is 1.78. The van der Waals surface area contributed by atoms with Gasteiger partial charge in [-0.15, -0.1) is 6.58 Å². The van der Waals surface area contributed by atoms with Gasteiger partial charge in [0.2, 0.25) is 0 Å². The molecule has 0 amide bonds. The molecule has 58 valence electrons. The number of aliphatic carboxylic acids is 1. The summed E-state index contributed by atoms with van der Waals surface area (Å²) in [6, 6.07) is 0. The third kappa shape index (κ3) is 4.44. The lowest BCUT2D eigenvalue weighted by atomic mass is 10.2. The van der Waals surface area contributed by atoms with Gasteiger partial charge < -0.3 is 5.11 Å². The zero-order valence-corrected chi connectivity index (χ0v) is 6.86. The number of carbonyl (C=O) groups is 1. The van der Waals surface area contributed by atoms with E-state index in [0.717, 1.165) is 5.75 Å². The second-order valence-corrected chi connectivity index (χ2v) is 3.14. The van der Waals surface area contributed by atoms with E-state index < -0.39 is 5.97 Å². The van der Waals surface area contributed by atoms with E-state index in [-0.39, 0.29) is 5.92 Å². The van der Waals surface area contributed by atoms with E-state index in [9.17, 15) is 4.79 Å². The van der Waals surface area contributed by atoms with Crippen LogP contribution in [0.2, 0.25) is 0 Å². The van der Waals surface area contributed by atoms with Gasteiger partial charge >= 0.3 is 5.97 Å². The van der Waals surface area contributed by atoms with Gasteiger partial charge in [-0.2, -0.15) is 11.8 Å². The molecule has 0 saturated carbocycles. The molecule has 0 aromatic heterocycles. The molecule has 0 saturated heterocycles. The first kappa shape index (κ1) is 9.56. The minimum absolute atomic E-state index is 0.245. The summed E-state index contributed by atoms with van der Waals surface area (Å²) < 4.78 is 0. The molecule has 0 fully saturated rings. The fraction of sp³-hybridized carbons (Fsp3) is 0.571. The third-order valence-electron chi connectivity index (χ3n) is 1.03. The van der Waals surface area contributed by atoms with Gasteiger partial charge in [0.1, 0.15) is 0 Å². The van der Waals surface area contributed by atoms with E-state index in [0.29, 0.717) is 5.75 Å². The number of carboxylic acids is 1. The Kier molecular flexibility index (Phi) is 5.12. The first-order chi connectivity index (χ1) is 4.68. The SMILES string of the molecule is C=CCSC[C@@H](C)C(=O)O. The number of hydrogen-bond donors (Lipinski definition) is 1. The minimum atomic E-state index is -0.725. The molecule has 10 heavy (non-hydrogen) atoms. The predicted molar refractivity (Wildman–Crippen MR) is 44.3 cm³/mol. The molecule has 0 aromatic rings. The van der Waals surface area contributed by atoms with Crippen LogP contribution in [0.5, 0.6) is 0 Å². The molecule has 0 spiro atoms. The zero-order valence-electron chi connectivity index (χ0n) is 6.04. The van der Waals surface area contributed by atoms with Gasteiger partial charge in [-0.25, -0.2) is 0 Å². The average molecular weight is 160 g/mol. The van der Waals surface area contributed by atoms with Crippen molar-refractivity contribution in [2.75, 3.05) is 11.5 Å². The predicted octanol–water partition coefficient (Wildman–Crippen LogP) is 1.63. The van der Waals surface area contributed by atoms with Crippen LogP contribution in [0.25, 0.3) is 0 Å². The van der Waals surface area contributed by atoms with Crippen LogP contribution in [0.1, 0.15) is 6.92 Å². The molecule has 0 aliphatic carbocycles. The van der Waals surface area contributed by atoms with Gasteiger partial charge in [0.05, 0.1) is 5.92 Å². The lowest BCUT2D eigenvalue weighted by Gasteiger charge is -2.02. The maximum Gasteiger partial charge on any atom is 0.307 e. The second kappa shape index (κ2) is 5.35. The van der Waals surface area contributed by atoms with E-state index in [1.54, 1.807) is 24.8 Å². The Morgan fingerprint density at radius 2 is 2.50 bits per heavy atom. The summed E-state index contributed by atoms with van der Waals surface area (Å²) in [6.45, 7) is 5.24. The molecule has 0 heterocycles. The first-order valence-corrected chi connectivity index (χ1v) is 4.25. The molecular formula is C7H12O2S. The summed E-state index contributed by atoms with van der Waals surface area (Å²) in [5, 5.41) is 8.44. The fourth-order valence-corrected chi connectivity index (χ4v) is 1.20. The average Bonchev–Trinajstić information content (AvgIpc) is 1.88. The Morgan fingerprint density at radius 3 is 2.90 bits per heavy atom. The molecule has 0 unspecified atom stereocenters. The topological polar surface area (TPSA) is 37.3 Å². The van der Waals surface area contributed by atoms with Gasteiger partial charge in [-0.1, -0.05) is 13.0 Å². The molecule has 0 bridgehead atoms. The molecule has 2 nitrogen and oxygen atoms in total. The van der Waals surface area contributed by atoms with Crippen molar-refractivity contribution in [1.82, 2.24) is 0 Å². The van der Waals surface area contributed by atoms with Crippen LogP contribution < -0.4 is 0 Å². The Morgan fingerprint density at radius 1 is 1.90 bits per heavy atom. The van der Waals surface area contributed by atoms with Crippen molar-refractivity contribution >= 4 is 17.7 Å². The second-order valence-electron chi connectivity index (χ2n) is 2.07. The molecule has 0 aromatic carbocycles. The highest BCUT2D eigenvalue weighted by atomic mass is 32.2. The number of rotatable bonds is 5. The van der Waals surface area contributed by atoms with Crippen LogP contribution >= 0.6 is 11.8 Å². The summed E-state index contributed by atoms with van der Waals surface area (Å²) in [4.78, 5) is 10.3. The molecule has 0 radical (unpaired) electrons. The third-order valence-corrected chi connectivity index (χ3v) is 2.23. The Bertz CT molecular complexity index is 123. The van der Waals surface area contributed by atoms with Gasteiger partial charge in [-0.05, 0) is 0 Å². The van der Waals surface area contributed by atoms with Crippen LogP contribution in [0.4, 0.5) is 0 Å². The van der Waals surface area contributed by atoms with Crippen LogP contribution in [0, 0.1) is 5.92 Å². The Hall–Kier alpha value is -0.440. The molecule has 0 rings (SSSR count). The number of thioether (sulfide) groups is 1. The van der Waals surface area contributed by atoms with Crippen LogP contribution in [-0.4, -0.2) is 22.6 Å². The monoisotopic (exact) mass is 160 g/mol. The van der Waals surface area contributed by atoms with Crippen molar-refractivity contribution < 1.29 is 9.90 Å². The van der Waals surface area contributed by atoms with E-state index in [4.69, 9.17) is 5.11 Å². The van der Waals surface area contributed by atoms with Crippen molar-refractivity contribution in [2.45, 2.75) is 6.92 Å². The molecular weight excluding hydrogens is 148 g/mol. The highest BCUT2D eigenvalue weighted by molar-refractivity contribution is 7.99. The van der Waals surface area contributed by atoms with Crippen molar-refractivity contribution in [1.29, 1.82) is 0 Å². The highest BCUT2D eigenvalue weighted by Gasteiger charge is 2.08. The van der Waals surface area contributed by atoms with Crippen molar-refractivity contribution in [3.05, 3.63) is 12.7 Å². The van der Waals surface area contributed by atoms with E-state index in [2.05, 4.69) is 6.58 Å². The van der Waals surface area contributed by atoms with E-state index >= 15 is 0 Å². The van der Waals surface area contributed by atoms with Gasteiger partial charge in [0.15, 0.2) is 0 Å². The number of carboxylic acid groups (broad SMARTS) is 1. The Balaban J connectivity index is 3.30. The van der Waals surface area contributed by atoms with E-state index in [1.807, 2.05) is 0 Å². The first-order valence-electron chi connectivity index (χ1n) is 3.10. The minimum Gasteiger partial charge on any atom is -0.481 e. The quantitative estimate of drug-likeness (QED) is 0.490. The lowest BCUT2D eigenvalue weighted by Crippen LogP contribution is -2.11. The fourth-order valence-electron chi connectivity index (χ4n) is 0.399. The molecule has 0 aliphatic heterocycles. The molecule has 0 aliphatic rings. The smallest absolute Gasteiger partial charge is 0.307 e. The van der Waals surface area contributed by atoms with Crippen molar-refractivity contribution in [3.63, 3.8) is 0 Å². The summed E-state index contributed by atoms with van der Waals surface area (Å²) >= 11 is 1.59. The largest absolute Gasteiger partial charge is 0.481 e. The zero-order chi connectivity index (χ0) is 7.98. The molecule has 3 heteroatoms. The van der Waals surface area contributed by atoms with Gasteiger partial charge in [0, 0.05) is 11.5 Å². The summed E-state index contributed by atoms with van der Waals surface area (Å²) in [7, 11) is 0. The summed E-state index contributed by atoms with van der Waals surface area (Å²) in [5.74, 6) is 0.528. The van der Waals surface area contributed by atoms with Crippen molar-refractivity contribution in [2.24, 2.45) is 5.92 Å². The number of hydrogen-bond acceptors (Lipinski definition) is 2. The van der Waals surface area contributed by atoms with Crippen LogP contribution in [0.15, 0.2) is 12.7 Å². The summed E-state index contributed by atoms with van der Waals surface area (Å²) in [5.41, 5.74) is 0. The van der Waals surface area contributed by atoms with Gasteiger partial charge in [0.25, 0.3) is 0 Å². The lowest BCUT2D eigenvalue weighted by molar-refractivity contribution is -0.140. The maximum atomic E-state index is 10.3. The van der Waals surface area contributed by atoms with Crippen LogP contribution in [0.3, 0.4) is 0 Å². The molecule has 1 N–H and O–H groups in total. The van der Waals surface area contributed by atoms with Crippen LogP contribution in [-0.2, 0) is 4.79 Å². The standard InChI is InChI=1S/C7H12O2S/c1-3-4-10-5-6(2)7(8)9/h3,6H,1,4-5H2,2H3,(H,8,9)/t6-/m1/s1. The van der Waals surface area contributed by atoms with E-state index in [1.165, 1.54) is 0 Å². The normalized spacial score (nSPS) is 12.5. The highest BCUT2D eigenvalue weighted by Crippen LogP contribution is 2.07. The Labute approximate surface area is 65.3 Å². The van der Waals surface area contributed by atoms with Gasteiger partial charge in [-0.3, -0.25) is 4.79 Å². The maximum absolute atomic E-state index is 10.3. The molecule has 1 atom stereocenters.